The molecule has 0 radical (unpaired) electrons. The van der Waals surface area contributed by atoms with E-state index in [9.17, 15) is 4.79 Å². The summed E-state index contributed by atoms with van der Waals surface area (Å²) in [6.07, 6.45) is 5.53. The van der Waals surface area contributed by atoms with Gasteiger partial charge < -0.3 is 16.0 Å². The first kappa shape index (κ1) is 13.4. The lowest BCUT2D eigenvalue weighted by molar-refractivity contribution is 0.251. The molecule has 2 aromatic rings. The lowest BCUT2D eigenvalue weighted by Crippen LogP contribution is -2.30. The van der Waals surface area contributed by atoms with Crippen LogP contribution in [0.15, 0.2) is 42.7 Å². The molecule has 2 aromatic heterocycles. The molecule has 1 aliphatic rings. The van der Waals surface area contributed by atoms with Crippen LogP contribution in [0.2, 0.25) is 0 Å². The van der Waals surface area contributed by atoms with E-state index in [1.807, 2.05) is 30.3 Å². The van der Waals surface area contributed by atoms with E-state index in [4.69, 9.17) is 0 Å². The maximum Gasteiger partial charge on any atom is 0.319 e. The topological polar surface area (TPSA) is 78.9 Å². The molecule has 108 valence electrons. The van der Waals surface area contributed by atoms with Gasteiger partial charge in [0.2, 0.25) is 0 Å². The van der Waals surface area contributed by atoms with E-state index in [1.165, 1.54) is 0 Å². The summed E-state index contributed by atoms with van der Waals surface area (Å²) in [6, 6.07) is 9.60. The summed E-state index contributed by atoms with van der Waals surface area (Å²) in [4.78, 5) is 20.1. The summed E-state index contributed by atoms with van der Waals surface area (Å²) in [6.45, 7) is 0.614. The van der Waals surface area contributed by atoms with Gasteiger partial charge >= 0.3 is 6.03 Å². The van der Waals surface area contributed by atoms with Crippen LogP contribution in [0.4, 0.5) is 16.3 Å². The first-order valence-electron chi connectivity index (χ1n) is 6.97. The number of hydrogen-bond donors (Lipinski definition) is 3. The fraction of sp³-hybridized carbons (Fsp3) is 0.267. The molecule has 6 nitrogen and oxygen atoms in total. The standard InChI is InChI=1S/C15H17N5O/c21-15(19-11-4-5-11)20-13-6-7-14(18-10-13)17-9-12-3-1-2-8-16-12/h1-3,6-8,10-11H,4-5,9H2,(H,17,18)(H2,19,20,21). The van der Waals surface area contributed by atoms with Crippen molar-refractivity contribution in [2.24, 2.45) is 0 Å². The second-order valence-corrected chi connectivity index (χ2v) is 4.98. The number of carbonyl (C=O) groups excluding carboxylic acids is 1. The number of pyridine rings is 2. The summed E-state index contributed by atoms with van der Waals surface area (Å²) in [5.41, 5.74) is 1.63. The first-order valence-corrected chi connectivity index (χ1v) is 6.97. The molecule has 1 aliphatic carbocycles. The summed E-state index contributed by atoms with van der Waals surface area (Å²) >= 11 is 0. The normalized spacial score (nSPS) is 13.5. The maximum absolute atomic E-state index is 11.6. The predicted octanol–water partition coefficient (Wildman–Crippen LogP) is 2.37. The Balaban J connectivity index is 1.50. The lowest BCUT2D eigenvalue weighted by atomic mass is 10.3. The van der Waals surface area contributed by atoms with Crippen molar-refractivity contribution in [2.45, 2.75) is 25.4 Å². The van der Waals surface area contributed by atoms with Crippen LogP contribution in [-0.4, -0.2) is 22.0 Å². The maximum atomic E-state index is 11.6. The van der Waals surface area contributed by atoms with Gasteiger partial charge in [0.25, 0.3) is 0 Å². The van der Waals surface area contributed by atoms with Gasteiger partial charge in [-0.05, 0) is 37.1 Å². The zero-order valence-electron chi connectivity index (χ0n) is 11.5. The van der Waals surface area contributed by atoms with Gasteiger partial charge in [-0.2, -0.15) is 0 Å². The van der Waals surface area contributed by atoms with E-state index < -0.39 is 0 Å². The third-order valence-electron chi connectivity index (χ3n) is 3.11. The molecule has 6 heteroatoms. The second kappa shape index (κ2) is 6.21. The minimum absolute atomic E-state index is 0.173. The monoisotopic (exact) mass is 283 g/mol. The SMILES string of the molecule is O=C(Nc1ccc(NCc2ccccn2)nc1)NC1CC1. The van der Waals surface area contributed by atoms with Crippen LogP contribution >= 0.6 is 0 Å². The number of aromatic nitrogens is 2. The Hall–Kier alpha value is -2.63. The Morgan fingerprint density at radius 1 is 1.19 bits per heavy atom. The Morgan fingerprint density at radius 3 is 2.76 bits per heavy atom. The van der Waals surface area contributed by atoms with Crippen molar-refractivity contribution in [1.29, 1.82) is 0 Å². The fourth-order valence-electron chi connectivity index (χ4n) is 1.84. The van der Waals surface area contributed by atoms with Crippen LogP contribution < -0.4 is 16.0 Å². The van der Waals surface area contributed by atoms with Crippen LogP contribution in [0.5, 0.6) is 0 Å². The van der Waals surface area contributed by atoms with Crippen molar-refractivity contribution in [3.8, 4) is 0 Å². The van der Waals surface area contributed by atoms with Crippen molar-refractivity contribution in [3.05, 3.63) is 48.4 Å². The lowest BCUT2D eigenvalue weighted by Gasteiger charge is -2.08. The average Bonchev–Trinajstić information content (AvgIpc) is 3.31. The molecule has 3 rings (SSSR count). The third kappa shape index (κ3) is 4.17. The number of urea groups is 1. The molecule has 2 heterocycles. The molecule has 0 saturated heterocycles. The highest BCUT2D eigenvalue weighted by Crippen LogP contribution is 2.19. The first-order chi connectivity index (χ1) is 10.3. The summed E-state index contributed by atoms with van der Waals surface area (Å²) in [5, 5.41) is 8.81. The number of amides is 2. The Kier molecular flexibility index (Phi) is 3.95. The van der Waals surface area contributed by atoms with Crippen LogP contribution in [0.3, 0.4) is 0 Å². The van der Waals surface area contributed by atoms with Crippen molar-refractivity contribution in [3.63, 3.8) is 0 Å². The van der Waals surface area contributed by atoms with E-state index in [0.717, 1.165) is 24.4 Å². The molecule has 3 N–H and O–H groups in total. The highest BCUT2D eigenvalue weighted by Gasteiger charge is 2.23. The quantitative estimate of drug-likeness (QED) is 0.787. The highest BCUT2D eigenvalue weighted by molar-refractivity contribution is 5.89. The number of hydrogen-bond acceptors (Lipinski definition) is 4. The highest BCUT2D eigenvalue weighted by atomic mass is 16.2. The summed E-state index contributed by atoms with van der Waals surface area (Å²) in [7, 11) is 0. The number of nitrogens with one attached hydrogen (secondary N) is 3. The molecule has 21 heavy (non-hydrogen) atoms. The zero-order chi connectivity index (χ0) is 14.5. The van der Waals surface area contributed by atoms with E-state index in [-0.39, 0.29) is 6.03 Å². The van der Waals surface area contributed by atoms with Gasteiger partial charge in [0, 0.05) is 12.2 Å². The fourth-order valence-corrected chi connectivity index (χ4v) is 1.84. The molecular weight excluding hydrogens is 266 g/mol. The van der Waals surface area contributed by atoms with Gasteiger partial charge in [-0.3, -0.25) is 4.98 Å². The average molecular weight is 283 g/mol. The van der Waals surface area contributed by atoms with Crippen LogP contribution in [0.1, 0.15) is 18.5 Å². The summed E-state index contributed by atoms with van der Waals surface area (Å²) < 4.78 is 0. The molecule has 0 aliphatic heterocycles. The largest absolute Gasteiger partial charge is 0.364 e. The minimum Gasteiger partial charge on any atom is -0.364 e. The molecule has 0 atom stereocenters. The van der Waals surface area contributed by atoms with Gasteiger partial charge in [0.05, 0.1) is 24.1 Å². The molecule has 1 fully saturated rings. The second-order valence-electron chi connectivity index (χ2n) is 4.98. The number of nitrogens with zero attached hydrogens (tertiary/aromatic N) is 2. The van der Waals surface area contributed by atoms with Crippen molar-refractivity contribution >= 4 is 17.5 Å². The minimum atomic E-state index is -0.173. The zero-order valence-corrected chi connectivity index (χ0v) is 11.5. The van der Waals surface area contributed by atoms with Crippen LogP contribution in [0, 0.1) is 0 Å². The van der Waals surface area contributed by atoms with Crippen molar-refractivity contribution < 1.29 is 4.79 Å². The van der Waals surface area contributed by atoms with Crippen molar-refractivity contribution in [1.82, 2.24) is 15.3 Å². The predicted molar refractivity (Wildman–Crippen MR) is 81.0 cm³/mol. The Bertz CT molecular complexity index is 595. The van der Waals surface area contributed by atoms with Gasteiger partial charge in [0.15, 0.2) is 0 Å². The molecule has 0 unspecified atom stereocenters. The van der Waals surface area contributed by atoms with Crippen LogP contribution in [-0.2, 0) is 6.54 Å². The molecule has 0 bridgehead atoms. The van der Waals surface area contributed by atoms with Gasteiger partial charge in [0.1, 0.15) is 5.82 Å². The Labute approximate surface area is 123 Å². The molecule has 1 saturated carbocycles. The van der Waals surface area contributed by atoms with E-state index >= 15 is 0 Å². The third-order valence-corrected chi connectivity index (χ3v) is 3.11. The van der Waals surface area contributed by atoms with Gasteiger partial charge in [-0.1, -0.05) is 6.07 Å². The molecular formula is C15H17N5O. The molecule has 0 spiro atoms. The number of carbonyl (C=O) groups is 1. The van der Waals surface area contributed by atoms with E-state index in [0.29, 0.717) is 18.3 Å². The number of rotatable bonds is 5. The molecule has 2 amide bonds. The Morgan fingerprint density at radius 2 is 2.10 bits per heavy atom. The summed E-state index contributed by atoms with van der Waals surface area (Å²) in [5.74, 6) is 0.744. The molecule has 0 aromatic carbocycles. The van der Waals surface area contributed by atoms with Crippen LogP contribution in [0.25, 0.3) is 0 Å². The van der Waals surface area contributed by atoms with E-state index in [2.05, 4.69) is 25.9 Å². The van der Waals surface area contributed by atoms with Crippen molar-refractivity contribution in [2.75, 3.05) is 10.6 Å². The van der Waals surface area contributed by atoms with Gasteiger partial charge in [-0.25, -0.2) is 9.78 Å². The number of anilines is 2. The van der Waals surface area contributed by atoms with Gasteiger partial charge in [-0.15, -0.1) is 0 Å². The van der Waals surface area contributed by atoms with E-state index in [1.54, 1.807) is 12.4 Å². The smallest absolute Gasteiger partial charge is 0.319 e.